The summed E-state index contributed by atoms with van der Waals surface area (Å²) < 4.78 is 28.5. The lowest BCUT2D eigenvalue weighted by Gasteiger charge is -2.28. The first-order chi connectivity index (χ1) is 11.4. The van der Waals surface area contributed by atoms with Crippen LogP contribution in [0.15, 0.2) is 35.4 Å². The Labute approximate surface area is 139 Å². The van der Waals surface area contributed by atoms with E-state index in [4.69, 9.17) is 5.73 Å². The quantitative estimate of drug-likeness (QED) is 0.624. The molecule has 1 aromatic heterocycles. The summed E-state index contributed by atoms with van der Waals surface area (Å²) in [7, 11) is -3.90. The van der Waals surface area contributed by atoms with Crippen molar-refractivity contribution in [1.82, 2.24) is 9.71 Å². The van der Waals surface area contributed by atoms with Crippen LogP contribution in [0.25, 0.3) is 10.9 Å². The first kappa shape index (κ1) is 16.7. The molecule has 2 aromatic rings. The number of nitro benzene ring substituents is 1. The van der Waals surface area contributed by atoms with Gasteiger partial charge in [0.05, 0.1) is 15.8 Å². The summed E-state index contributed by atoms with van der Waals surface area (Å²) in [6.45, 7) is 0.213. The van der Waals surface area contributed by atoms with Gasteiger partial charge in [-0.3, -0.25) is 15.1 Å². The van der Waals surface area contributed by atoms with E-state index >= 15 is 0 Å². The van der Waals surface area contributed by atoms with E-state index in [2.05, 4.69) is 9.71 Å². The molecule has 0 bridgehead atoms. The van der Waals surface area contributed by atoms with Gasteiger partial charge in [-0.25, -0.2) is 13.1 Å². The minimum absolute atomic E-state index is 0.0663. The molecular formula is C15H18N4O4S. The van der Waals surface area contributed by atoms with Crippen LogP contribution in [-0.2, 0) is 10.0 Å². The Bertz CT molecular complexity index is 891. The Morgan fingerprint density at radius 2 is 2.00 bits per heavy atom. The van der Waals surface area contributed by atoms with Crippen molar-refractivity contribution in [3.63, 3.8) is 0 Å². The molecule has 3 N–H and O–H groups in total. The summed E-state index contributed by atoms with van der Waals surface area (Å²) in [6.07, 6.45) is 4.61. The molecule has 0 atom stereocenters. The predicted molar refractivity (Wildman–Crippen MR) is 89.0 cm³/mol. The van der Waals surface area contributed by atoms with Gasteiger partial charge >= 0.3 is 0 Å². The van der Waals surface area contributed by atoms with Crippen LogP contribution in [0.5, 0.6) is 0 Å². The standard InChI is InChI=1S/C15H18N4O4S/c16-10-15(7-1-2-8-15)18-24(22,23)13-6-5-12(19(20)21)11-4-3-9-17-14(11)13/h3-6,9,18H,1-2,7-8,10,16H2. The van der Waals surface area contributed by atoms with Crippen LogP contribution in [0, 0.1) is 10.1 Å². The van der Waals surface area contributed by atoms with Gasteiger partial charge in [0.2, 0.25) is 10.0 Å². The van der Waals surface area contributed by atoms with Crippen molar-refractivity contribution in [1.29, 1.82) is 0 Å². The SMILES string of the molecule is NCC1(NS(=O)(=O)c2ccc([N+](=O)[O-])c3cccnc23)CCCC1. The number of nitrogens with one attached hydrogen (secondary N) is 1. The van der Waals surface area contributed by atoms with E-state index in [1.54, 1.807) is 0 Å². The molecule has 8 nitrogen and oxygen atoms in total. The number of pyridine rings is 1. The maximum Gasteiger partial charge on any atom is 0.278 e. The fraction of sp³-hybridized carbons (Fsp3) is 0.400. The van der Waals surface area contributed by atoms with Gasteiger partial charge in [-0.15, -0.1) is 0 Å². The number of nitrogens with two attached hydrogens (primary N) is 1. The van der Waals surface area contributed by atoms with Crippen molar-refractivity contribution in [2.45, 2.75) is 36.1 Å². The molecule has 0 unspecified atom stereocenters. The van der Waals surface area contributed by atoms with Gasteiger partial charge in [0, 0.05) is 24.3 Å². The van der Waals surface area contributed by atoms with Gasteiger partial charge in [-0.1, -0.05) is 12.8 Å². The maximum atomic E-state index is 12.9. The molecule has 1 aromatic carbocycles. The Balaban J connectivity index is 2.12. The molecule has 1 fully saturated rings. The van der Waals surface area contributed by atoms with Crippen molar-refractivity contribution < 1.29 is 13.3 Å². The molecule has 1 saturated carbocycles. The zero-order valence-corrected chi connectivity index (χ0v) is 13.8. The van der Waals surface area contributed by atoms with Crippen LogP contribution in [0.2, 0.25) is 0 Å². The Morgan fingerprint density at radius 1 is 1.29 bits per heavy atom. The van der Waals surface area contributed by atoms with Crippen molar-refractivity contribution in [2.75, 3.05) is 6.54 Å². The molecule has 0 aliphatic heterocycles. The summed E-state index contributed by atoms with van der Waals surface area (Å²) in [6, 6.07) is 5.46. The Morgan fingerprint density at radius 3 is 2.62 bits per heavy atom. The van der Waals surface area contributed by atoms with Gasteiger partial charge in [0.1, 0.15) is 4.90 Å². The van der Waals surface area contributed by atoms with Crippen LogP contribution in [0.4, 0.5) is 5.69 Å². The molecule has 24 heavy (non-hydrogen) atoms. The van der Waals surface area contributed by atoms with Crippen molar-refractivity contribution >= 4 is 26.6 Å². The second-order valence-corrected chi connectivity index (χ2v) is 7.69. The van der Waals surface area contributed by atoms with E-state index in [9.17, 15) is 18.5 Å². The molecular weight excluding hydrogens is 332 g/mol. The number of aromatic nitrogens is 1. The van der Waals surface area contributed by atoms with Crippen molar-refractivity contribution in [3.05, 3.63) is 40.6 Å². The maximum absolute atomic E-state index is 12.9. The van der Waals surface area contributed by atoms with Crippen molar-refractivity contribution in [3.8, 4) is 0 Å². The summed E-state index contributed by atoms with van der Waals surface area (Å²) >= 11 is 0. The number of nitrogens with zero attached hydrogens (tertiary/aromatic N) is 2. The molecule has 128 valence electrons. The highest BCUT2D eigenvalue weighted by molar-refractivity contribution is 7.89. The van der Waals surface area contributed by atoms with Crippen LogP contribution >= 0.6 is 0 Å². The van der Waals surface area contributed by atoms with Gasteiger partial charge in [0.15, 0.2) is 0 Å². The van der Waals surface area contributed by atoms with Gasteiger partial charge in [-0.2, -0.15) is 0 Å². The van der Waals surface area contributed by atoms with Gasteiger partial charge < -0.3 is 5.73 Å². The van der Waals surface area contributed by atoms with E-state index in [-0.39, 0.29) is 28.0 Å². The average molecular weight is 350 g/mol. The van der Waals surface area contributed by atoms with E-state index in [0.29, 0.717) is 12.8 Å². The fourth-order valence-corrected chi connectivity index (χ4v) is 4.88. The van der Waals surface area contributed by atoms with Gasteiger partial charge in [0.25, 0.3) is 5.69 Å². The summed E-state index contributed by atoms with van der Waals surface area (Å²) in [5.41, 5.74) is 5.06. The number of fused-ring (bicyclic) bond motifs is 1. The summed E-state index contributed by atoms with van der Waals surface area (Å²) in [5.74, 6) is 0. The average Bonchev–Trinajstić information content (AvgIpc) is 3.01. The minimum Gasteiger partial charge on any atom is -0.329 e. The second kappa shape index (κ2) is 6.08. The monoisotopic (exact) mass is 350 g/mol. The zero-order chi connectivity index (χ0) is 17.4. The van der Waals surface area contributed by atoms with E-state index < -0.39 is 20.5 Å². The largest absolute Gasteiger partial charge is 0.329 e. The van der Waals surface area contributed by atoms with E-state index in [0.717, 1.165) is 12.8 Å². The highest BCUT2D eigenvalue weighted by Gasteiger charge is 2.37. The van der Waals surface area contributed by atoms with Crippen molar-refractivity contribution in [2.24, 2.45) is 5.73 Å². The first-order valence-corrected chi connectivity index (χ1v) is 9.13. The fourth-order valence-electron chi connectivity index (χ4n) is 3.25. The van der Waals surface area contributed by atoms with Crippen LogP contribution in [0.3, 0.4) is 0 Å². The third kappa shape index (κ3) is 2.85. The number of non-ortho nitro benzene ring substituents is 1. The lowest BCUT2D eigenvalue weighted by atomic mass is 10.0. The first-order valence-electron chi connectivity index (χ1n) is 7.65. The lowest BCUT2D eigenvalue weighted by Crippen LogP contribution is -2.51. The van der Waals surface area contributed by atoms with E-state index in [1.807, 2.05) is 0 Å². The Kier molecular flexibility index (Phi) is 4.24. The minimum atomic E-state index is -3.90. The number of sulfonamides is 1. The number of hydrogen-bond acceptors (Lipinski definition) is 6. The molecule has 9 heteroatoms. The lowest BCUT2D eigenvalue weighted by molar-refractivity contribution is -0.383. The van der Waals surface area contributed by atoms with Gasteiger partial charge in [-0.05, 0) is 31.0 Å². The Hall–Kier alpha value is -2.10. The molecule has 0 amide bonds. The molecule has 1 heterocycles. The smallest absolute Gasteiger partial charge is 0.278 e. The molecule has 1 aliphatic rings. The van der Waals surface area contributed by atoms with Crippen LogP contribution in [0.1, 0.15) is 25.7 Å². The number of rotatable bonds is 5. The highest BCUT2D eigenvalue weighted by atomic mass is 32.2. The number of hydrogen-bond donors (Lipinski definition) is 2. The molecule has 0 saturated heterocycles. The highest BCUT2D eigenvalue weighted by Crippen LogP contribution is 2.33. The molecule has 0 radical (unpaired) electrons. The summed E-state index contributed by atoms with van der Waals surface area (Å²) in [4.78, 5) is 14.6. The third-order valence-electron chi connectivity index (χ3n) is 4.50. The third-order valence-corrected chi connectivity index (χ3v) is 6.11. The second-order valence-electron chi connectivity index (χ2n) is 6.04. The zero-order valence-electron chi connectivity index (χ0n) is 12.9. The summed E-state index contributed by atoms with van der Waals surface area (Å²) in [5, 5.41) is 11.3. The van der Waals surface area contributed by atoms with E-state index in [1.165, 1.54) is 30.5 Å². The normalized spacial score (nSPS) is 17.2. The van der Waals surface area contributed by atoms with Crippen LogP contribution in [-0.4, -0.2) is 30.4 Å². The molecule has 1 aliphatic carbocycles. The predicted octanol–water partition coefficient (Wildman–Crippen LogP) is 1.69. The molecule has 3 rings (SSSR count). The number of nitro groups is 1. The van der Waals surface area contributed by atoms with Crippen LogP contribution < -0.4 is 10.5 Å². The number of benzene rings is 1. The topological polar surface area (TPSA) is 128 Å². The molecule has 0 spiro atoms.